The van der Waals surface area contributed by atoms with Gasteiger partial charge in [0, 0.05) is 31.9 Å². The highest BCUT2D eigenvalue weighted by Gasteiger charge is 2.14. The molecule has 0 radical (unpaired) electrons. The summed E-state index contributed by atoms with van der Waals surface area (Å²) in [4.78, 5) is 7.22. The first-order valence-corrected chi connectivity index (χ1v) is 11.3. The van der Waals surface area contributed by atoms with Gasteiger partial charge in [-0.05, 0) is 52.1 Å². The molecule has 1 rings (SSSR count). The third kappa shape index (κ3) is 10.1. The van der Waals surface area contributed by atoms with Crippen LogP contribution in [0.2, 0.25) is 0 Å². The SMILES string of the molecule is CCNC(=NCC(C)CN1CCCCC1)NC(C)CCS(C)(=O)=O. The van der Waals surface area contributed by atoms with Crippen molar-refractivity contribution >= 4 is 15.8 Å². The van der Waals surface area contributed by atoms with E-state index in [-0.39, 0.29) is 11.8 Å². The average Bonchev–Trinajstić information content (AvgIpc) is 2.51. The van der Waals surface area contributed by atoms with Crippen molar-refractivity contribution in [3.8, 4) is 0 Å². The lowest BCUT2D eigenvalue weighted by atomic mass is 10.1. The Bertz CT molecular complexity index is 473. The fraction of sp³-hybridized carbons (Fsp3) is 0.941. The van der Waals surface area contributed by atoms with Crippen molar-refractivity contribution in [1.82, 2.24) is 15.5 Å². The van der Waals surface area contributed by atoms with Gasteiger partial charge in [-0.1, -0.05) is 13.3 Å². The molecule has 24 heavy (non-hydrogen) atoms. The van der Waals surface area contributed by atoms with Gasteiger partial charge in [0.05, 0.1) is 5.75 Å². The maximum Gasteiger partial charge on any atom is 0.191 e. The largest absolute Gasteiger partial charge is 0.357 e. The topological polar surface area (TPSA) is 73.8 Å². The Morgan fingerprint density at radius 1 is 1.21 bits per heavy atom. The van der Waals surface area contributed by atoms with Gasteiger partial charge in [0.25, 0.3) is 0 Å². The molecule has 142 valence electrons. The van der Waals surface area contributed by atoms with Gasteiger partial charge < -0.3 is 15.5 Å². The number of hydrogen-bond acceptors (Lipinski definition) is 4. The second kappa shape index (κ2) is 10.9. The molecule has 0 bridgehead atoms. The van der Waals surface area contributed by atoms with Gasteiger partial charge in [-0.2, -0.15) is 0 Å². The third-order valence-electron chi connectivity index (χ3n) is 4.23. The van der Waals surface area contributed by atoms with Crippen LogP contribution in [-0.2, 0) is 9.84 Å². The smallest absolute Gasteiger partial charge is 0.191 e. The Balaban J connectivity index is 2.42. The van der Waals surface area contributed by atoms with Crippen LogP contribution in [0.4, 0.5) is 0 Å². The zero-order valence-electron chi connectivity index (χ0n) is 15.8. The molecule has 6 nitrogen and oxygen atoms in total. The summed E-state index contributed by atoms with van der Waals surface area (Å²) >= 11 is 0. The van der Waals surface area contributed by atoms with E-state index in [2.05, 4.69) is 27.4 Å². The highest BCUT2D eigenvalue weighted by Crippen LogP contribution is 2.11. The fourth-order valence-corrected chi connectivity index (χ4v) is 3.69. The number of nitrogens with one attached hydrogen (secondary N) is 2. The lowest BCUT2D eigenvalue weighted by molar-refractivity contribution is 0.203. The molecule has 2 N–H and O–H groups in total. The van der Waals surface area contributed by atoms with E-state index in [4.69, 9.17) is 0 Å². The molecular weight excluding hydrogens is 324 g/mol. The number of sulfone groups is 1. The van der Waals surface area contributed by atoms with Crippen LogP contribution >= 0.6 is 0 Å². The monoisotopic (exact) mass is 360 g/mol. The molecular formula is C17H36N4O2S. The van der Waals surface area contributed by atoms with Crippen molar-refractivity contribution < 1.29 is 8.42 Å². The second-order valence-corrected chi connectivity index (χ2v) is 9.41. The summed E-state index contributed by atoms with van der Waals surface area (Å²) in [7, 11) is -2.92. The maximum absolute atomic E-state index is 11.3. The molecule has 1 fully saturated rings. The van der Waals surface area contributed by atoms with E-state index in [0.717, 1.165) is 25.6 Å². The fourth-order valence-electron chi connectivity index (χ4n) is 2.90. The number of nitrogens with zero attached hydrogens (tertiary/aromatic N) is 2. The zero-order chi connectivity index (χ0) is 18.0. The van der Waals surface area contributed by atoms with Crippen molar-refractivity contribution in [3.63, 3.8) is 0 Å². The first kappa shape index (κ1) is 21.2. The molecule has 1 saturated heterocycles. The van der Waals surface area contributed by atoms with Crippen LogP contribution in [0.15, 0.2) is 4.99 Å². The number of likely N-dealkylation sites (tertiary alicyclic amines) is 1. The Labute approximate surface area is 148 Å². The van der Waals surface area contributed by atoms with E-state index in [1.54, 1.807) is 0 Å². The molecule has 7 heteroatoms. The van der Waals surface area contributed by atoms with Gasteiger partial charge in [0.2, 0.25) is 0 Å². The normalized spacial score (nSPS) is 19.8. The van der Waals surface area contributed by atoms with Crippen LogP contribution in [0.1, 0.15) is 46.5 Å². The summed E-state index contributed by atoms with van der Waals surface area (Å²) in [6, 6.07) is 0.0786. The molecule has 1 heterocycles. The van der Waals surface area contributed by atoms with E-state index in [0.29, 0.717) is 12.3 Å². The summed E-state index contributed by atoms with van der Waals surface area (Å²) in [6.07, 6.45) is 5.87. The van der Waals surface area contributed by atoms with E-state index >= 15 is 0 Å². The lowest BCUT2D eigenvalue weighted by Gasteiger charge is -2.28. The standard InChI is InChI=1S/C17H36N4O2S/c1-5-18-17(20-16(3)9-12-24(4,22)23)19-13-15(2)14-21-10-7-6-8-11-21/h15-16H,5-14H2,1-4H3,(H2,18,19,20). The summed E-state index contributed by atoms with van der Waals surface area (Å²) in [5, 5.41) is 6.56. The summed E-state index contributed by atoms with van der Waals surface area (Å²) < 4.78 is 22.5. The molecule has 2 unspecified atom stereocenters. The molecule has 1 aliphatic rings. The van der Waals surface area contributed by atoms with Gasteiger partial charge in [-0.25, -0.2) is 8.42 Å². The minimum atomic E-state index is -2.92. The second-order valence-electron chi connectivity index (χ2n) is 7.15. The number of piperidine rings is 1. The summed E-state index contributed by atoms with van der Waals surface area (Å²) in [5.74, 6) is 1.50. The summed E-state index contributed by atoms with van der Waals surface area (Å²) in [6.45, 7) is 11.4. The van der Waals surface area contributed by atoms with E-state index in [9.17, 15) is 8.42 Å². The molecule has 0 aliphatic carbocycles. The number of aliphatic imine (C=N–C) groups is 1. The predicted octanol–water partition coefficient (Wildman–Crippen LogP) is 1.49. The van der Waals surface area contributed by atoms with E-state index in [1.165, 1.54) is 38.6 Å². The minimum absolute atomic E-state index is 0.0786. The average molecular weight is 361 g/mol. The van der Waals surface area contributed by atoms with Crippen molar-refractivity contribution in [2.45, 2.75) is 52.5 Å². The Morgan fingerprint density at radius 2 is 1.88 bits per heavy atom. The van der Waals surface area contributed by atoms with Gasteiger partial charge in [-0.3, -0.25) is 4.99 Å². The van der Waals surface area contributed by atoms with Gasteiger partial charge in [-0.15, -0.1) is 0 Å². The molecule has 0 aromatic carbocycles. The number of rotatable bonds is 9. The highest BCUT2D eigenvalue weighted by atomic mass is 32.2. The Morgan fingerprint density at radius 3 is 2.46 bits per heavy atom. The van der Waals surface area contributed by atoms with Crippen molar-refractivity contribution in [2.24, 2.45) is 10.9 Å². The molecule has 0 spiro atoms. The number of guanidine groups is 1. The minimum Gasteiger partial charge on any atom is -0.357 e. The first-order valence-electron chi connectivity index (χ1n) is 9.25. The van der Waals surface area contributed by atoms with Crippen molar-refractivity contribution in [2.75, 3.05) is 44.7 Å². The van der Waals surface area contributed by atoms with Crippen LogP contribution in [-0.4, -0.2) is 70.1 Å². The number of hydrogen-bond donors (Lipinski definition) is 2. The molecule has 0 aromatic rings. The Kier molecular flexibility index (Phi) is 9.66. The van der Waals surface area contributed by atoms with E-state index in [1.807, 2.05) is 13.8 Å². The Hall–Kier alpha value is -0.820. The molecule has 0 amide bonds. The first-order chi connectivity index (χ1) is 11.3. The van der Waals surface area contributed by atoms with Crippen molar-refractivity contribution in [3.05, 3.63) is 0 Å². The van der Waals surface area contributed by atoms with E-state index < -0.39 is 9.84 Å². The van der Waals surface area contributed by atoms with Crippen LogP contribution in [0.25, 0.3) is 0 Å². The van der Waals surface area contributed by atoms with Crippen LogP contribution < -0.4 is 10.6 Å². The van der Waals surface area contributed by atoms with Gasteiger partial charge >= 0.3 is 0 Å². The van der Waals surface area contributed by atoms with Gasteiger partial charge in [0.1, 0.15) is 9.84 Å². The molecule has 1 aliphatic heterocycles. The summed E-state index contributed by atoms with van der Waals surface area (Å²) in [5.41, 5.74) is 0. The molecule has 0 aromatic heterocycles. The van der Waals surface area contributed by atoms with Crippen LogP contribution in [0, 0.1) is 5.92 Å². The lowest BCUT2D eigenvalue weighted by Crippen LogP contribution is -2.43. The quantitative estimate of drug-likeness (QED) is 0.481. The van der Waals surface area contributed by atoms with Crippen molar-refractivity contribution in [1.29, 1.82) is 0 Å². The van der Waals surface area contributed by atoms with Gasteiger partial charge in [0.15, 0.2) is 5.96 Å². The van der Waals surface area contributed by atoms with Crippen LogP contribution in [0.3, 0.4) is 0 Å². The molecule has 2 atom stereocenters. The molecule has 0 saturated carbocycles. The van der Waals surface area contributed by atoms with Crippen LogP contribution in [0.5, 0.6) is 0 Å². The zero-order valence-corrected chi connectivity index (χ0v) is 16.7. The highest BCUT2D eigenvalue weighted by molar-refractivity contribution is 7.90. The third-order valence-corrected chi connectivity index (χ3v) is 5.21. The maximum atomic E-state index is 11.3. The predicted molar refractivity (Wildman–Crippen MR) is 102 cm³/mol.